The molecule has 0 saturated carbocycles. The van der Waals surface area contributed by atoms with Gasteiger partial charge in [-0.1, -0.05) is 17.3 Å². The number of alkyl halides is 1. The van der Waals surface area contributed by atoms with E-state index in [1.54, 1.807) is 60.6 Å². The minimum absolute atomic E-state index is 0.0597. The number of fused-ring (bicyclic) bond motifs is 2. The Morgan fingerprint density at radius 2 is 2.08 bits per heavy atom. The number of amides is 3. The van der Waals surface area contributed by atoms with Crippen molar-refractivity contribution < 1.29 is 42.6 Å². The molecule has 0 spiro atoms. The largest absolute Gasteiger partial charge is 0.497 e. The molecule has 250 valence electrons. The number of rotatable bonds is 11. The predicted octanol–water partition coefficient (Wildman–Crippen LogP) is -0.144. The van der Waals surface area contributed by atoms with E-state index in [1.807, 2.05) is 4.57 Å². The number of amidine groups is 1. The van der Waals surface area contributed by atoms with Crippen molar-refractivity contribution in [1.29, 1.82) is 0 Å². The number of methoxy groups -OCH3 is 1. The molecule has 5 N–H and O–H groups in total. The Morgan fingerprint density at radius 1 is 1.27 bits per heavy atom. The number of hydrazine groups is 1. The maximum Gasteiger partial charge on any atom is 0.355 e. The van der Waals surface area contributed by atoms with Crippen molar-refractivity contribution in [2.75, 3.05) is 25.5 Å². The lowest BCUT2D eigenvalue weighted by Gasteiger charge is -2.49. The van der Waals surface area contributed by atoms with Gasteiger partial charge in [0, 0.05) is 23.5 Å². The number of oxime groups is 1. The van der Waals surface area contributed by atoms with Crippen LogP contribution < -0.4 is 30.6 Å². The van der Waals surface area contributed by atoms with Crippen LogP contribution in [0.5, 0.6) is 5.75 Å². The van der Waals surface area contributed by atoms with Crippen LogP contribution in [0.15, 0.2) is 76.4 Å². The summed E-state index contributed by atoms with van der Waals surface area (Å²) in [6.45, 7) is -1.17. The van der Waals surface area contributed by atoms with E-state index in [2.05, 4.69) is 30.6 Å². The van der Waals surface area contributed by atoms with Crippen LogP contribution in [0.25, 0.3) is 5.82 Å². The number of aromatic nitrogens is 3. The predicted molar refractivity (Wildman–Crippen MR) is 169 cm³/mol. The fourth-order valence-electron chi connectivity index (χ4n) is 5.08. The molecule has 0 unspecified atom stereocenters. The number of esters is 1. The molecular weight excluding hydrogens is 672 g/mol. The summed E-state index contributed by atoms with van der Waals surface area (Å²) in [5.74, 6) is -0.564. The number of ether oxygens (including phenoxy) is 2. The Labute approximate surface area is 280 Å². The number of nitrogen functional groups attached to an aromatic ring is 1. The molecule has 0 aliphatic carbocycles. The van der Waals surface area contributed by atoms with E-state index >= 15 is 0 Å². The van der Waals surface area contributed by atoms with Gasteiger partial charge < -0.3 is 30.7 Å². The van der Waals surface area contributed by atoms with Gasteiger partial charge in [0.1, 0.15) is 34.5 Å². The first kappa shape index (κ1) is 32.6. The number of β-lactam (4-membered cyclic amide) rings is 1. The summed E-state index contributed by atoms with van der Waals surface area (Å²) in [6.07, 6.45) is 5.11. The molecular formula is C28H28FN10O7S2+. The van der Waals surface area contributed by atoms with Crippen LogP contribution in [0, 0.1) is 0 Å². The minimum atomic E-state index is -1.32. The number of nitrogens with zero attached hydrogens (tertiary/aromatic N) is 6. The van der Waals surface area contributed by atoms with Crippen molar-refractivity contribution >= 4 is 59.6 Å². The summed E-state index contributed by atoms with van der Waals surface area (Å²) in [5.41, 5.74) is 7.43. The van der Waals surface area contributed by atoms with E-state index in [0.29, 0.717) is 45.7 Å². The number of hydrogen-bond acceptors (Lipinski definition) is 13. The van der Waals surface area contributed by atoms with Crippen LogP contribution in [0.4, 0.5) is 10.2 Å². The maximum absolute atomic E-state index is 13.7. The molecule has 0 radical (unpaired) electrons. The molecule has 5 heterocycles. The Bertz CT molecular complexity index is 1800. The standard InChI is InChI=1S/C28H27FN10O7S2/c1-44-18-4-2-16(3-5-18)12-45-28(43)23-17(10-36-9-7-19(30)39-21(36)6-8-32-39)13-47-27-22(26(42)38(23)27)33-25(41)24(34-46-14-29)37-11-20(31-15-40)48-35-37/h2-9,11,15,22,27,30,35H,10,12-14H2,1H3,(H2,31,33,40,41)/p+1/b34-24-/t22-,27-/m1/s1. The normalized spacial score (nSPS) is 19.0. The van der Waals surface area contributed by atoms with E-state index in [9.17, 15) is 23.6 Å². The van der Waals surface area contributed by atoms with Gasteiger partial charge in [0.25, 0.3) is 30.3 Å². The fourth-order valence-corrected chi connectivity index (χ4v) is 7.02. The molecule has 17 nitrogen and oxygen atoms in total. The molecule has 1 aromatic rings. The zero-order valence-electron chi connectivity index (χ0n) is 25.1. The van der Waals surface area contributed by atoms with Crippen LogP contribution in [-0.2, 0) is 41.9 Å². The number of halogens is 1. The number of nitrogens with two attached hydrogens (primary N) is 1. The number of carbonyl (C=O) groups is 4. The van der Waals surface area contributed by atoms with Gasteiger partial charge in [-0.25, -0.2) is 14.2 Å². The molecule has 6 rings (SSSR count). The third-order valence-corrected chi connectivity index (χ3v) is 9.41. The Hall–Kier alpha value is -5.34. The maximum atomic E-state index is 13.7. The Morgan fingerprint density at radius 3 is 2.83 bits per heavy atom. The van der Waals surface area contributed by atoms with Crippen LogP contribution in [0.2, 0.25) is 0 Å². The van der Waals surface area contributed by atoms with Gasteiger partial charge in [0.15, 0.2) is 0 Å². The van der Waals surface area contributed by atoms with Crippen LogP contribution in [0.3, 0.4) is 0 Å². The zero-order chi connectivity index (χ0) is 33.8. The molecule has 1 saturated heterocycles. The van der Waals surface area contributed by atoms with Gasteiger partial charge in [0.05, 0.1) is 32.2 Å². The molecule has 1 fully saturated rings. The third kappa shape index (κ3) is 6.44. The topological polar surface area (TPSA) is 199 Å². The average Bonchev–Trinajstić information content (AvgIpc) is 3.79. The van der Waals surface area contributed by atoms with Gasteiger partial charge in [-0.15, -0.1) is 21.5 Å². The first-order valence-corrected chi connectivity index (χ1v) is 16.0. The van der Waals surface area contributed by atoms with Gasteiger partial charge in [0.2, 0.25) is 12.2 Å². The van der Waals surface area contributed by atoms with Crippen LogP contribution in [-0.4, -0.2) is 80.7 Å². The van der Waals surface area contributed by atoms with Crippen molar-refractivity contribution in [3.8, 4) is 11.6 Å². The average molecular weight is 700 g/mol. The van der Waals surface area contributed by atoms with Gasteiger partial charge in [-0.05, 0) is 29.6 Å². The molecule has 2 atom stereocenters. The van der Waals surface area contributed by atoms with Gasteiger partial charge >= 0.3 is 5.97 Å². The van der Waals surface area contributed by atoms with E-state index in [-0.39, 0.29) is 18.8 Å². The molecule has 5 aliphatic rings. The molecule has 48 heavy (non-hydrogen) atoms. The highest BCUT2D eigenvalue weighted by Gasteiger charge is 2.55. The van der Waals surface area contributed by atoms with Crippen LogP contribution >= 0.6 is 23.7 Å². The van der Waals surface area contributed by atoms with Gasteiger partial charge in [-0.3, -0.25) is 23.9 Å². The highest BCUT2D eigenvalue weighted by atomic mass is 32.2. The Kier molecular flexibility index (Phi) is 9.64. The van der Waals surface area contributed by atoms with E-state index in [4.69, 9.17) is 15.2 Å². The van der Waals surface area contributed by atoms with Gasteiger partial charge in [-0.2, -0.15) is 4.83 Å². The van der Waals surface area contributed by atoms with E-state index in [0.717, 1.165) is 17.0 Å². The number of thioether (sulfide) groups is 1. The SMILES string of the molecule is COc1ccc(COC(=O)C2=C(Cn3ccc(N)[n+]4nccc3-4)CS[C@@H]3[C@H](NC(=O)/C(=N/OCF)N4C=C(NC=O)SN4)C(=O)N23)cc1. The first-order chi connectivity index (χ1) is 23.3. The summed E-state index contributed by atoms with van der Waals surface area (Å²) in [4.78, 5) is 60.0. The molecule has 1 aromatic carbocycles. The molecule has 3 amide bonds. The smallest absolute Gasteiger partial charge is 0.355 e. The van der Waals surface area contributed by atoms with Crippen molar-refractivity contribution in [3.63, 3.8) is 0 Å². The molecule has 0 aromatic heterocycles. The highest BCUT2D eigenvalue weighted by Crippen LogP contribution is 2.41. The molecule has 5 aliphatic heterocycles. The first-order valence-electron chi connectivity index (χ1n) is 14.1. The summed E-state index contributed by atoms with van der Waals surface area (Å²) in [6, 6.07) is 9.37. The monoisotopic (exact) mass is 699 g/mol. The lowest BCUT2D eigenvalue weighted by molar-refractivity contribution is -0.646. The summed E-state index contributed by atoms with van der Waals surface area (Å²) >= 11 is 2.29. The highest BCUT2D eigenvalue weighted by molar-refractivity contribution is 8.01. The summed E-state index contributed by atoms with van der Waals surface area (Å²) in [7, 11) is 1.55. The molecule has 0 bridgehead atoms. The number of nitrogens with one attached hydrogen (secondary N) is 3. The third-order valence-electron chi connectivity index (χ3n) is 7.34. The zero-order valence-corrected chi connectivity index (χ0v) is 26.7. The number of anilines is 1. The fraction of sp³-hybridized carbons (Fsp3) is 0.250. The van der Waals surface area contributed by atoms with E-state index < -0.39 is 41.9 Å². The number of carbonyl (C=O) groups excluding carboxylic acids is 4. The second kappa shape index (κ2) is 14.2. The molecule has 20 heteroatoms. The summed E-state index contributed by atoms with van der Waals surface area (Å²) < 4.78 is 27.1. The second-order valence-corrected chi connectivity index (χ2v) is 12.1. The second-order valence-electron chi connectivity index (χ2n) is 10.2. The number of benzene rings is 1. The lowest BCUT2D eigenvalue weighted by Crippen LogP contribution is -2.71. The van der Waals surface area contributed by atoms with E-state index in [1.165, 1.54) is 22.9 Å². The van der Waals surface area contributed by atoms with Crippen molar-refractivity contribution in [2.24, 2.45) is 5.16 Å². The number of hydrogen-bond donors (Lipinski definition) is 4. The van der Waals surface area contributed by atoms with Crippen molar-refractivity contribution in [2.45, 2.75) is 24.6 Å². The lowest BCUT2D eigenvalue weighted by atomic mass is 10.0. The summed E-state index contributed by atoms with van der Waals surface area (Å²) in [5, 5.41) is 13.5. The van der Waals surface area contributed by atoms with Crippen LogP contribution in [0.1, 0.15) is 5.56 Å². The quantitative estimate of drug-likeness (QED) is 0.0302. The van der Waals surface area contributed by atoms with Crippen molar-refractivity contribution in [3.05, 3.63) is 76.9 Å². The Balaban J connectivity index is 1.24. The minimum Gasteiger partial charge on any atom is -0.497 e. The van der Waals surface area contributed by atoms with Crippen molar-refractivity contribution in [1.82, 2.24) is 35.0 Å².